The van der Waals surface area contributed by atoms with E-state index in [1.165, 1.54) is 6.33 Å². The number of anilines is 1. The Labute approximate surface area is 205 Å². The van der Waals surface area contributed by atoms with E-state index in [4.69, 9.17) is 19.3 Å². The number of hydrogen-bond acceptors (Lipinski definition) is 6. The van der Waals surface area contributed by atoms with Gasteiger partial charge in [0.25, 0.3) is 0 Å². The highest BCUT2D eigenvalue weighted by Crippen LogP contribution is 2.45. The molecule has 0 amide bonds. The molecule has 0 saturated carbocycles. The van der Waals surface area contributed by atoms with Gasteiger partial charge in [-0.1, -0.05) is 41.5 Å². The third-order valence-electron chi connectivity index (χ3n) is 8.06. The lowest BCUT2D eigenvalue weighted by molar-refractivity contribution is -0.0164. The molecule has 2 aromatic heterocycles. The van der Waals surface area contributed by atoms with Crippen molar-refractivity contribution in [1.29, 1.82) is 0 Å². The molecule has 34 heavy (non-hydrogen) atoms. The maximum Gasteiger partial charge on any atom is 0.192 e. The Morgan fingerprint density at radius 3 is 2.21 bits per heavy atom. The molecule has 0 radical (unpaired) electrons. The minimum Gasteiger partial charge on any atom is -0.414 e. The molecule has 1 aliphatic rings. The number of aromatic nitrogens is 3. The van der Waals surface area contributed by atoms with Crippen LogP contribution in [0.3, 0.4) is 0 Å². The van der Waals surface area contributed by atoms with Gasteiger partial charge in [0.05, 0.1) is 12.1 Å². The molecule has 1 fully saturated rings. The number of fused-ring (bicyclic) bond motifs is 1. The molecule has 10 heteroatoms. The van der Waals surface area contributed by atoms with E-state index < -0.39 is 41.1 Å². The predicted octanol–water partition coefficient (Wildman–Crippen LogP) is 5.74. The molecule has 0 spiro atoms. The summed E-state index contributed by atoms with van der Waals surface area (Å²) in [6.07, 6.45) is -0.161. The number of aryl methyl sites for hydroxylation is 1. The molecule has 2 aromatic rings. The molecule has 192 valence electrons. The summed E-state index contributed by atoms with van der Waals surface area (Å²) in [7, 11) is -2.47. The summed E-state index contributed by atoms with van der Waals surface area (Å²) in [4.78, 5) is 8.50. The SMILES string of the molecule is Cn1cc([C@@H]2O[C@H](CO[Si](C)(C)C(C)(C)C)[C@@H](O[Si](C)(C)C(C)(C)C)[C@H]2F)c2ncnc(N)c21. The quantitative estimate of drug-likeness (QED) is 0.499. The number of ether oxygens (including phenoxy) is 1. The number of alkyl halides is 1. The van der Waals surface area contributed by atoms with Crippen molar-refractivity contribution in [2.24, 2.45) is 7.05 Å². The van der Waals surface area contributed by atoms with Gasteiger partial charge < -0.3 is 23.9 Å². The van der Waals surface area contributed by atoms with Crippen LogP contribution in [0.2, 0.25) is 36.3 Å². The number of halogens is 1. The summed E-state index contributed by atoms with van der Waals surface area (Å²) < 4.78 is 37.6. The maximum absolute atomic E-state index is 16.2. The summed E-state index contributed by atoms with van der Waals surface area (Å²) in [5.41, 5.74) is 8.04. The standard InChI is InChI=1S/C24H43FN4O3Si2/c1-23(2,3)33(8,9)30-13-16-21(32-34(10,11)24(4,5)6)17(25)20(31-16)15-12-29(7)19-18(15)27-14-28-22(19)26/h12,14,16-17,20-21H,13H2,1-11H3,(H2,26,27,28)/t16-,17+,20+,21-/m1/s1. The van der Waals surface area contributed by atoms with Gasteiger partial charge in [-0.3, -0.25) is 0 Å². The Kier molecular flexibility index (Phi) is 7.18. The number of nitrogens with zero attached hydrogens (tertiary/aromatic N) is 3. The molecular formula is C24H43FN4O3Si2. The van der Waals surface area contributed by atoms with Gasteiger partial charge in [-0.25, -0.2) is 14.4 Å². The number of rotatable bonds is 6. The second-order valence-electron chi connectivity index (χ2n) is 12.6. The molecule has 4 atom stereocenters. The van der Waals surface area contributed by atoms with Crippen LogP contribution in [0.25, 0.3) is 11.0 Å². The highest BCUT2D eigenvalue weighted by molar-refractivity contribution is 6.74. The highest BCUT2D eigenvalue weighted by Gasteiger charge is 2.52. The second-order valence-corrected chi connectivity index (χ2v) is 22.2. The third kappa shape index (κ3) is 4.97. The zero-order valence-corrected chi connectivity index (χ0v) is 24.7. The fourth-order valence-corrected chi connectivity index (χ4v) is 6.09. The van der Waals surface area contributed by atoms with Crippen molar-refractivity contribution in [3.8, 4) is 0 Å². The van der Waals surface area contributed by atoms with Gasteiger partial charge in [-0.05, 0) is 36.3 Å². The van der Waals surface area contributed by atoms with Gasteiger partial charge in [0.15, 0.2) is 28.6 Å². The average Bonchev–Trinajstić information content (AvgIpc) is 3.16. The first-order chi connectivity index (χ1) is 15.4. The van der Waals surface area contributed by atoms with E-state index in [2.05, 4.69) is 77.7 Å². The van der Waals surface area contributed by atoms with Crippen molar-refractivity contribution in [2.75, 3.05) is 12.3 Å². The van der Waals surface area contributed by atoms with Gasteiger partial charge in [0, 0.05) is 18.8 Å². The van der Waals surface area contributed by atoms with Gasteiger partial charge >= 0.3 is 0 Å². The average molecular weight is 511 g/mol. The molecule has 0 unspecified atom stereocenters. The van der Waals surface area contributed by atoms with E-state index in [-0.39, 0.29) is 10.1 Å². The van der Waals surface area contributed by atoms with Crippen LogP contribution in [0, 0.1) is 0 Å². The molecular weight excluding hydrogens is 467 g/mol. The summed E-state index contributed by atoms with van der Waals surface area (Å²) in [5, 5.41) is -0.0171. The van der Waals surface area contributed by atoms with Gasteiger partial charge in [-0.2, -0.15) is 0 Å². The van der Waals surface area contributed by atoms with Crippen LogP contribution in [0.1, 0.15) is 53.2 Å². The molecule has 7 nitrogen and oxygen atoms in total. The molecule has 0 aromatic carbocycles. The molecule has 0 bridgehead atoms. The predicted molar refractivity (Wildman–Crippen MR) is 141 cm³/mol. The van der Waals surface area contributed by atoms with E-state index >= 15 is 4.39 Å². The molecule has 3 rings (SSSR count). The van der Waals surface area contributed by atoms with E-state index in [9.17, 15) is 0 Å². The maximum atomic E-state index is 16.2. The third-order valence-corrected chi connectivity index (χ3v) is 17.0. The van der Waals surface area contributed by atoms with Crippen LogP contribution in [0.5, 0.6) is 0 Å². The van der Waals surface area contributed by atoms with E-state index in [0.717, 1.165) is 0 Å². The first kappa shape index (κ1) is 27.3. The molecule has 0 aliphatic carbocycles. The van der Waals surface area contributed by atoms with E-state index in [0.29, 0.717) is 29.0 Å². The smallest absolute Gasteiger partial charge is 0.192 e. The second kappa shape index (κ2) is 8.95. The first-order valence-corrected chi connectivity index (χ1v) is 17.9. The van der Waals surface area contributed by atoms with Crippen LogP contribution in [0.15, 0.2) is 12.5 Å². The van der Waals surface area contributed by atoms with Crippen LogP contribution in [0.4, 0.5) is 10.2 Å². The Morgan fingerprint density at radius 2 is 1.65 bits per heavy atom. The fraction of sp³-hybridized carbons (Fsp3) is 0.750. The normalized spacial score (nSPS) is 24.8. The van der Waals surface area contributed by atoms with Gasteiger partial charge in [-0.15, -0.1) is 0 Å². The monoisotopic (exact) mass is 510 g/mol. The zero-order chi connectivity index (χ0) is 25.9. The number of hydrogen-bond donors (Lipinski definition) is 1. The summed E-state index contributed by atoms with van der Waals surface area (Å²) in [5.74, 6) is 0.360. The topological polar surface area (TPSA) is 84.4 Å². The lowest BCUT2D eigenvalue weighted by Crippen LogP contribution is -2.50. The number of nitrogens with two attached hydrogens (primary N) is 1. The van der Waals surface area contributed by atoms with Crippen LogP contribution < -0.4 is 5.73 Å². The van der Waals surface area contributed by atoms with E-state index in [1.54, 1.807) is 0 Å². The minimum absolute atomic E-state index is 0.0417. The largest absolute Gasteiger partial charge is 0.414 e. The van der Waals surface area contributed by atoms with Crippen LogP contribution >= 0.6 is 0 Å². The zero-order valence-electron chi connectivity index (χ0n) is 22.7. The van der Waals surface area contributed by atoms with Crippen LogP contribution in [-0.4, -0.2) is 56.2 Å². The fourth-order valence-electron chi connectivity index (χ4n) is 3.76. The van der Waals surface area contributed by atoms with Gasteiger partial charge in [0.1, 0.15) is 30.2 Å². The summed E-state index contributed by atoms with van der Waals surface area (Å²) >= 11 is 0. The highest BCUT2D eigenvalue weighted by atomic mass is 28.4. The molecule has 1 saturated heterocycles. The van der Waals surface area contributed by atoms with Crippen molar-refractivity contribution in [3.05, 3.63) is 18.1 Å². The molecule has 2 N–H and O–H groups in total. The molecule has 3 heterocycles. The van der Waals surface area contributed by atoms with Crippen molar-refractivity contribution < 1.29 is 18.0 Å². The van der Waals surface area contributed by atoms with Crippen molar-refractivity contribution in [2.45, 2.75) is 102 Å². The van der Waals surface area contributed by atoms with Gasteiger partial charge in [0.2, 0.25) is 0 Å². The lowest BCUT2D eigenvalue weighted by Gasteiger charge is -2.41. The first-order valence-electron chi connectivity index (χ1n) is 12.0. The van der Waals surface area contributed by atoms with Crippen LogP contribution in [-0.2, 0) is 20.6 Å². The minimum atomic E-state index is -2.27. The summed E-state index contributed by atoms with van der Waals surface area (Å²) in [6.45, 7) is 22.0. The van der Waals surface area contributed by atoms with E-state index in [1.807, 2.05) is 17.8 Å². The Balaban J connectivity index is 1.98. The summed E-state index contributed by atoms with van der Waals surface area (Å²) in [6, 6.07) is 0. The Hall–Kier alpha value is -1.34. The van der Waals surface area contributed by atoms with Crippen molar-refractivity contribution in [1.82, 2.24) is 14.5 Å². The lowest BCUT2D eigenvalue weighted by atomic mass is 10.0. The number of nitrogen functional groups attached to an aromatic ring is 1. The Morgan fingerprint density at radius 1 is 1.06 bits per heavy atom. The Bertz CT molecular complexity index is 1030. The van der Waals surface area contributed by atoms with Crippen molar-refractivity contribution >= 4 is 33.5 Å². The molecule has 1 aliphatic heterocycles. The van der Waals surface area contributed by atoms with Crippen molar-refractivity contribution in [3.63, 3.8) is 0 Å².